The summed E-state index contributed by atoms with van der Waals surface area (Å²) in [6, 6.07) is 26.1. The van der Waals surface area contributed by atoms with Crippen molar-refractivity contribution in [3.05, 3.63) is 132 Å². The number of nitrogens with zero attached hydrogens (tertiary/aromatic N) is 6. The van der Waals surface area contributed by atoms with E-state index in [1.807, 2.05) is 0 Å². The molecular weight excluding hydrogens is 743 g/mol. The number of carbonyl (C=O) groups excluding carboxylic acids is 2. The highest BCUT2D eigenvalue weighted by Gasteiger charge is 2.32. The van der Waals surface area contributed by atoms with Gasteiger partial charge in [0, 0.05) is 11.4 Å². The van der Waals surface area contributed by atoms with Crippen molar-refractivity contribution in [2.75, 3.05) is 22.1 Å². The van der Waals surface area contributed by atoms with Gasteiger partial charge in [-0.05, 0) is 60.7 Å². The van der Waals surface area contributed by atoms with Crippen LogP contribution in [0.4, 0.5) is 37.7 Å². The molecular formula is C35H26F6N8O2S2. The molecule has 53 heavy (non-hydrogen) atoms. The van der Waals surface area contributed by atoms with Crippen LogP contribution in [0.15, 0.2) is 120 Å². The van der Waals surface area contributed by atoms with E-state index in [2.05, 4.69) is 31.0 Å². The molecule has 0 radical (unpaired) electrons. The van der Waals surface area contributed by atoms with E-state index in [4.69, 9.17) is 0 Å². The number of amides is 2. The standard InChI is InChI=1S/C35H26F6N8O2S2/c36-34(37,38)22-9-7-15-26(17-22)48-28(44-46-32(48)52-20-30(50)42-24-11-3-1-4-12-24)19-29-45-47-33(53-21-31(51)43-25-13-5-2-6-14-25)49(29)27-16-8-10-23(18-27)35(39,40)41/h1-18H,19-21H2,(H,42,50)(H,43,51). The predicted molar refractivity (Wildman–Crippen MR) is 187 cm³/mol. The molecule has 18 heteroatoms. The van der Waals surface area contributed by atoms with Gasteiger partial charge in [-0.15, -0.1) is 20.4 Å². The van der Waals surface area contributed by atoms with Gasteiger partial charge in [0.1, 0.15) is 11.6 Å². The highest BCUT2D eigenvalue weighted by Crippen LogP contribution is 2.34. The second kappa shape index (κ2) is 16.0. The number of rotatable bonds is 12. The van der Waals surface area contributed by atoms with Crippen LogP contribution >= 0.6 is 23.5 Å². The van der Waals surface area contributed by atoms with E-state index in [1.165, 1.54) is 33.4 Å². The van der Waals surface area contributed by atoms with Gasteiger partial charge in [0.25, 0.3) is 0 Å². The number of thioether (sulfide) groups is 2. The summed E-state index contributed by atoms with van der Waals surface area (Å²) in [7, 11) is 0. The zero-order valence-electron chi connectivity index (χ0n) is 27.1. The summed E-state index contributed by atoms with van der Waals surface area (Å²) >= 11 is 1.83. The lowest BCUT2D eigenvalue weighted by atomic mass is 10.2. The van der Waals surface area contributed by atoms with Gasteiger partial charge in [-0.3, -0.25) is 18.7 Å². The van der Waals surface area contributed by atoms with Gasteiger partial charge in [0.15, 0.2) is 10.3 Å². The lowest BCUT2D eigenvalue weighted by Crippen LogP contribution is -2.15. The van der Waals surface area contributed by atoms with Crippen LogP contribution in [0.1, 0.15) is 22.8 Å². The SMILES string of the molecule is O=C(CSc1nnc(Cc2nnc(SCC(=O)Nc3ccccc3)n2-c2cccc(C(F)(F)F)c2)n1-c1cccc(C(F)(F)F)c1)Nc1ccccc1. The normalized spacial score (nSPS) is 11.7. The minimum atomic E-state index is -4.68. The van der Waals surface area contributed by atoms with E-state index in [9.17, 15) is 35.9 Å². The van der Waals surface area contributed by atoms with Crippen LogP contribution in [0.25, 0.3) is 11.4 Å². The van der Waals surface area contributed by atoms with Crippen molar-refractivity contribution in [2.45, 2.75) is 29.1 Å². The quantitative estimate of drug-likeness (QED) is 0.0952. The number of aromatic nitrogens is 6. The fraction of sp³-hybridized carbons (Fsp3) is 0.143. The van der Waals surface area contributed by atoms with Gasteiger partial charge < -0.3 is 10.6 Å². The molecule has 0 aliphatic carbocycles. The molecule has 2 N–H and O–H groups in total. The second-order valence-corrected chi connectivity index (χ2v) is 13.0. The summed E-state index contributed by atoms with van der Waals surface area (Å²) in [4.78, 5) is 25.5. The Morgan fingerprint density at radius 1 is 0.547 bits per heavy atom. The molecule has 0 bridgehead atoms. The van der Waals surface area contributed by atoms with Gasteiger partial charge in [0.2, 0.25) is 11.8 Å². The van der Waals surface area contributed by atoms with Crippen molar-refractivity contribution in [3.63, 3.8) is 0 Å². The Balaban J connectivity index is 1.35. The average Bonchev–Trinajstić information content (AvgIpc) is 3.73. The zero-order chi connectivity index (χ0) is 37.6. The highest BCUT2D eigenvalue weighted by molar-refractivity contribution is 8.00. The molecule has 0 saturated heterocycles. The Kier molecular flexibility index (Phi) is 11.2. The third-order valence-electron chi connectivity index (χ3n) is 7.36. The van der Waals surface area contributed by atoms with Crippen LogP contribution in [0.2, 0.25) is 0 Å². The van der Waals surface area contributed by atoms with Crippen molar-refractivity contribution in [3.8, 4) is 11.4 Å². The van der Waals surface area contributed by atoms with Crippen LogP contribution in [-0.2, 0) is 28.4 Å². The molecule has 0 fully saturated rings. The number of hydrogen-bond acceptors (Lipinski definition) is 8. The van der Waals surface area contributed by atoms with Crippen molar-refractivity contribution >= 4 is 46.7 Å². The Morgan fingerprint density at radius 3 is 1.32 bits per heavy atom. The fourth-order valence-electron chi connectivity index (χ4n) is 5.02. The number of carbonyl (C=O) groups is 2. The minimum absolute atomic E-state index is 0.0168. The fourth-order valence-corrected chi connectivity index (χ4v) is 6.56. The summed E-state index contributed by atoms with van der Waals surface area (Å²) in [6.45, 7) is 0. The van der Waals surface area contributed by atoms with Crippen LogP contribution in [-0.4, -0.2) is 52.8 Å². The van der Waals surface area contributed by atoms with Crippen LogP contribution in [0.3, 0.4) is 0 Å². The summed E-state index contributed by atoms with van der Waals surface area (Å²) in [5.74, 6) is -1.09. The monoisotopic (exact) mass is 768 g/mol. The maximum absolute atomic E-state index is 13.8. The molecule has 2 aromatic heterocycles. The Bertz CT molecular complexity index is 2050. The van der Waals surface area contributed by atoms with E-state index < -0.39 is 35.3 Å². The molecule has 0 aliphatic rings. The maximum Gasteiger partial charge on any atom is 0.416 e. The first-order chi connectivity index (χ1) is 25.3. The van der Waals surface area contributed by atoms with Gasteiger partial charge in [-0.2, -0.15) is 26.3 Å². The molecule has 0 atom stereocenters. The zero-order valence-corrected chi connectivity index (χ0v) is 28.7. The van der Waals surface area contributed by atoms with E-state index >= 15 is 0 Å². The third kappa shape index (κ3) is 9.44. The third-order valence-corrected chi connectivity index (χ3v) is 9.22. The number of alkyl halides is 6. The van der Waals surface area contributed by atoms with Gasteiger partial charge in [0.05, 0.1) is 40.4 Å². The van der Waals surface area contributed by atoms with Crippen molar-refractivity contribution in [1.29, 1.82) is 0 Å². The second-order valence-electron chi connectivity index (χ2n) is 11.1. The molecule has 2 heterocycles. The van der Waals surface area contributed by atoms with E-state index in [0.29, 0.717) is 11.4 Å². The molecule has 0 saturated carbocycles. The Hall–Kier alpha value is -5.62. The van der Waals surface area contributed by atoms with Crippen LogP contribution < -0.4 is 10.6 Å². The molecule has 0 spiro atoms. The smallest absolute Gasteiger partial charge is 0.325 e. The van der Waals surface area contributed by atoms with Gasteiger partial charge in [-0.25, -0.2) is 0 Å². The van der Waals surface area contributed by atoms with Gasteiger partial charge >= 0.3 is 12.4 Å². The number of halogens is 6. The molecule has 10 nitrogen and oxygen atoms in total. The van der Waals surface area contributed by atoms with E-state index in [1.54, 1.807) is 60.7 Å². The molecule has 2 amide bonds. The number of anilines is 2. The van der Waals surface area contributed by atoms with Crippen molar-refractivity contribution < 1.29 is 35.9 Å². The van der Waals surface area contributed by atoms with E-state index in [-0.39, 0.29) is 51.3 Å². The topological polar surface area (TPSA) is 120 Å². The Morgan fingerprint density at radius 2 is 0.943 bits per heavy atom. The van der Waals surface area contributed by atoms with Crippen LogP contribution in [0.5, 0.6) is 0 Å². The molecule has 272 valence electrons. The summed E-state index contributed by atoms with van der Waals surface area (Å²) in [6.07, 6.45) is -9.65. The molecule has 6 rings (SSSR count). The number of para-hydroxylation sites is 2. The lowest BCUT2D eigenvalue weighted by molar-refractivity contribution is -0.138. The summed E-state index contributed by atoms with van der Waals surface area (Å²) in [5.41, 5.74) is -0.790. The molecule has 0 aliphatic heterocycles. The number of nitrogens with one attached hydrogen (secondary N) is 2. The van der Waals surface area contributed by atoms with Crippen molar-refractivity contribution in [2.24, 2.45) is 0 Å². The Labute approximate surface area is 306 Å². The average molecular weight is 769 g/mol. The van der Waals surface area contributed by atoms with Crippen LogP contribution in [0, 0.1) is 0 Å². The summed E-state index contributed by atoms with van der Waals surface area (Å²) < 4.78 is 85.4. The molecule has 0 unspecified atom stereocenters. The number of hydrogen-bond donors (Lipinski definition) is 2. The van der Waals surface area contributed by atoms with Gasteiger partial charge in [-0.1, -0.05) is 72.1 Å². The minimum Gasteiger partial charge on any atom is -0.325 e. The maximum atomic E-state index is 13.8. The largest absolute Gasteiger partial charge is 0.416 e. The summed E-state index contributed by atoms with van der Waals surface area (Å²) in [5, 5.41) is 22.3. The van der Waals surface area contributed by atoms with Crippen molar-refractivity contribution in [1.82, 2.24) is 29.5 Å². The lowest BCUT2D eigenvalue weighted by Gasteiger charge is -2.15. The number of benzene rings is 4. The van der Waals surface area contributed by atoms with E-state index in [0.717, 1.165) is 47.8 Å². The first kappa shape index (κ1) is 37.1. The highest BCUT2D eigenvalue weighted by atomic mass is 32.2. The first-order valence-corrected chi connectivity index (χ1v) is 17.5. The molecule has 6 aromatic rings. The molecule has 4 aromatic carbocycles. The predicted octanol–water partition coefficient (Wildman–Crippen LogP) is 7.94. The first-order valence-electron chi connectivity index (χ1n) is 15.5.